The van der Waals surface area contributed by atoms with Gasteiger partial charge in [-0.15, -0.1) is 0 Å². The maximum atomic E-state index is 9.85. The summed E-state index contributed by atoms with van der Waals surface area (Å²) in [7, 11) is 1.87. The van der Waals surface area contributed by atoms with Gasteiger partial charge in [-0.3, -0.25) is 0 Å². The summed E-state index contributed by atoms with van der Waals surface area (Å²) in [6.45, 7) is 3.57. The van der Waals surface area contributed by atoms with Crippen molar-refractivity contribution in [3.05, 3.63) is 29.8 Å². The highest BCUT2D eigenvalue weighted by atomic mass is 16.3. The van der Waals surface area contributed by atoms with Crippen LogP contribution in [0.1, 0.15) is 12.5 Å². The van der Waals surface area contributed by atoms with Gasteiger partial charge < -0.3 is 15.3 Å². The molecule has 1 aromatic carbocycles. The van der Waals surface area contributed by atoms with E-state index in [9.17, 15) is 5.11 Å². The highest BCUT2D eigenvalue weighted by Crippen LogP contribution is 2.31. The largest absolute Gasteiger partial charge is 0.390 e. The number of aliphatic hydroxyl groups excluding tert-OH is 1. The highest BCUT2D eigenvalue weighted by molar-refractivity contribution is 5.59. The zero-order valence-corrected chi connectivity index (χ0v) is 9.98. The molecule has 0 saturated carbocycles. The van der Waals surface area contributed by atoms with Gasteiger partial charge in [0.25, 0.3) is 0 Å². The number of hydrogen-bond donors (Lipinski definition) is 2. The van der Waals surface area contributed by atoms with Crippen molar-refractivity contribution in [2.45, 2.75) is 25.5 Å². The van der Waals surface area contributed by atoms with E-state index in [0.29, 0.717) is 19.1 Å². The van der Waals surface area contributed by atoms with Crippen molar-refractivity contribution in [3.8, 4) is 0 Å². The van der Waals surface area contributed by atoms with Crippen LogP contribution in [0.5, 0.6) is 0 Å². The molecule has 2 rings (SSSR count). The number of β-amino-alcohol motifs (C(OH)–C–C–N with tert-alkyl or cyclic N) is 1. The van der Waals surface area contributed by atoms with Crippen molar-refractivity contribution < 1.29 is 5.11 Å². The molecule has 2 N–H and O–H groups in total. The van der Waals surface area contributed by atoms with Gasteiger partial charge in [0.05, 0.1) is 6.10 Å². The molecule has 2 unspecified atom stereocenters. The molecular weight excluding hydrogens is 200 g/mol. The first-order chi connectivity index (χ1) is 7.72. The molecule has 1 heterocycles. The summed E-state index contributed by atoms with van der Waals surface area (Å²) in [6, 6.07) is 8.96. The van der Waals surface area contributed by atoms with Crippen molar-refractivity contribution >= 4 is 5.69 Å². The first-order valence-corrected chi connectivity index (χ1v) is 5.89. The number of fused-ring (bicyclic) bond motifs is 1. The number of hydrogen-bond acceptors (Lipinski definition) is 3. The fraction of sp³-hybridized carbons (Fsp3) is 0.538. The number of aliphatic hydroxyl groups is 1. The molecule has 0 bridgehead atoms. The van der Waals surface area contributed by atoms with Gasteiger partial charge in [-0.25, -0.2) is 0 Å². The van der Waals surface area contributed by atoms with Crippen molar-refractivity contribution in [1.29, 1.82) is 0 Å². The molecule has 88 valence electrons. The summed E-state index contributed by atoms with van der Waals surface area (Å²) in [5.74, 6) is 0. The van der Waals surface area contributed by atoms with E-state index in [-0.39, 0.29) is 6.10 Å². The zero-order valence-electron chi connectivity index (χ0n) is 9.98. The number of likely N-dealkylation sites (N-methyl/N-ethyl adjacent to an activating group) is 1. The van der Waals surface area contributed by atoms with Crippen LogP contribution in [-0.4, -0.2) is 37.4 Å². The van der Waals surface area contributed by atoms with E-state index < -0.39 is 0 Å². The van der Waals surface area contributed by atoms with Crippen molar-refractivity contribution in [2.75, 3.05) is 25.0 Å². The van der Waals surface area contributed by atoms with Crippen molar-refractivity contribution in [1.82, 2.24) is 5.32 Å². The Balaban J connectivity index is 2.10. The van der Waals surface area contributed by atoms with Crippen LogP contribution in [0.4, 0.5) is 5.69 Å². The molecule has 1 aliphatic rings. The molecule has 0 amide bonds. The Hall–Kier alpha value is -1.06. The molecule has 0 fully saturated rings. The quantitative estimate of drug-likeness (QED) is 0.795. The van der Waals surface area contributed by atoms with Crippen LogP contribution >= 0.6 is 0 Å². The summed E-state index contributed by atoms with van der Waals surface area (Å²) in [4.78, 5) is 2.30. The Labute approximate surface area is 97.1 Å². The number of anilines is 1. The van der Waals surface area contributed by atoms with E-state index in [1.54, 1.807) is 0 Å². The highest BCUT2D eigenvalue weighted by Gasteiger charge is 2.26. The first kappa shape index (κ1) is 11.4. The summed E-state index contributed by atoms with van der Waals surface area (Å²) < 4.78 is 0. The fourth-order valence-electron chi connectivity index (χ4n) is 2.44. The number of benzene rings is 1. The van der Waals surface area contributed by atoms with Crippen LogP contribution < -0.4 is 10.2 Å². The number of nitrogens with one attached hydrogen (secondary N) is 1. The van der Waals surface area contributed by atoms with Crippen LogP contribution in [0.3, 0.4) is 0 Å². The molecule has 3 heteroatoms. The van der Waals surface area contributed by atoms with Gasteiger partial charge in [0.2, 0.25) is 0 Å². The molecule has 2 atom stereocenters. The van der Waals surface area contributed by atoms with Crippen molar-refractivity contribution in [3.63, 3.8) is 0 Å². The summed E-state index contributed by atoms with van der Waals surface area (Å²) in [5.41, 5.74) is 2.68. The number of nitrogens with zero attached hydrogens (tertiary/aromatic N) is 1. The normalized spacial score (nSPS) is 20.9. The van der Waals surface area contributed by atoms with E-state index in [2.05, 4.69) is 41.4 Å². The summed E-state index contributed by atoms with van der Waals surface area (Å²) >= 11 is 0. The lowest BCUT2D eigenvalue weighted by Gasteiger charge is -2.27. The average molecular weight is 220 g/mol. The van der Waals surface area contributed by atoms with E-state index in [1.807, 2.05) is 7.05 Å². The second kappa shape index (κ2) is 4.85. The Morgan fingerprint density at radius 1 is 1.50 bits per heavy atom. The average Bonchev–Trinajstić information content (AvgIpc) is 2.56. The van der Waals surface area contributed by atoms with Crippen LogP contribution in [0.15, 0.2) is 24.3 Å². The van der Waals surface area contributed by atoms with Gasteiger partial charge in [-0.2, -0.15) is 0 Å². The summed E-state index contributed by atoms with van der Waals surface area (Å²) in [5, 5.41) is 12.9. The third-order valence-corrected chi connectivity index (χ3v) is 3.20. The first-order valence-electron chi connectivity index (χ1n) is 5.89. The zero-order chi connectivity index (χ0) is 11.5. The SMILES string of the molecule is CNCC(O)CN1c2ccccc2CC1C. The number of rotatable bonds is 4. The second-order valence-electron chi connectivity index (χ2n) is 4.55. The minimum absolute atomic E-state index is 0.307. The molecule has 0 aliphatic carbocycles. The molecule has 0 radical (unpaired) electrons. The van der Waals surface area contributed by atoms with Crippen molar-refractivity contribution in [2.24, 2.45) is 0 Å². The van der Waals surface area contributed by atoms with Crippen LogP contribution in [-0.2, 0) is 6.42 Å². The van der Waals surface area contributed by atoms with Crippen LogP contribution in [0, 0.1) is 0 Å². The lowest BCUT2D eigenvalue weighted by atomic mass is 10.1. The van der Waals surface area contributed by atoms with E-state index in [4.69, 9.17) is 0 Å². The Morgan fingerprint density at radius 3 is 3.00 bits per heavy atom. The fourth-order valence-corrected chi connectivity index (χ4v) is 2.44. The van der Waals surface area contributed by atoms with E-state index in [0.717, 1.165) is 6.42 Å². The predicted octanol–water partition coefficient (Wildman–Crippen LogP) is 1.02. The molecule has 0 aromatic heterocycles. The number of para-hydroxylation sites is 1. The molecule has 16 heavy (non-hydrogen) atoms. The molecule has 1 aliphatic heterocycles. The third-order valence-electron chi connectivity index (χ3n) is 3.20. The Bertz CT molecular complexity index is 354. The lowest BCUT2D eigenvalue weighted by Crippen LogP contribution is -2.40. The maximum Gasteiger partial charge on any atom is 0.0839 e. The van der Waals surface area contributed by atoms with Gasteiger partial charge in [-0.1, -0.05) is 18.2 Å². The lowest BCUT2D eigenvalue weighted by molar-refractivity contribution is 0.178. The minimum atomic E-state index is -0.307. The van der Waals surface area contributed by atoms with Crippen LogP contribution in [0.25, 0.3) is 0 Å². The van der Waals surface area contributed by atoms with Gasteiger partial charge in [-0.05, 0) is 32.0 Å². The van der Waals surface area contributed by atoms with Gasteiger partial charge in [0.15, 0.2) is 0 Å². The minimum Gasteiger partial charge on any atom is -0.390 e. The topological polar surface area (TPSA) is 35.5 Å². The second-order valence-corrected chi connectivity index (χ2v) is 4.55. The van der Waals surface area contributed by atoms with Gasteiger partial charge in [0, 0.05) is 24.8 Å². The molecule has 3 nitrogen and oxygen atoms in total. The predicted molar refractivity (Wildman–Crippen MR) is 66.9 cm³/mol. The van der Waals surface area contributed by atoms with E-state index in [1.165, 1.54) is 11.3 Å². The molecule has 1 aromatic rings. The summed E-state index contributed by atoms with van der Waals surface area (Å²) in [6.07, 6.45) is 0.779. The van der Waals surface area contributed by atoms with Gasteiger partial charge in [0.1, 0.15) is 0 Å². The standard InChI is InChI=1S/C13H20N2O/c1-10-7-11-5-3-4-6-13(11)15(10)9-12(16)8-14-2/h3-6,10,12,14,16H,7-9H2,1-2H3. The van der Waals surface area contributed by atoms with Gasteiger partial charge >= 0.3 is 0 Å². The maximum absolute atomic E-state index is 9.85. The van der Waals surface area contributed by atoms with E-state index >= 15 is 0 Å². The molecule has 0 saturated heterocycles. The molecule has 0 spiro atoms. The third kappa shape index (κ3) is 2.20. The monoisotopic (exact) mass is 220 g/mol. The Kier molecular flexibility index (Phi) is 3.46. The smallest absolute Gasteiger partial charge is 0.0839 e. The molecular formula is C13H20N2O. The Morgan fingerprint density at radius 2 is 2.25 bits per heavy atom. The van der Waals surface area contributed by atoms with Crippen LogP contribution in [0.2, 0.25) is 0 Å².